The Morgan fingerprint density at radius 2 is 2.00 bits per heavy atom. The lowest BCUT2D eigenvalue weighted by Gasteiger charge is -1.98. The number of halogens is 1. The summed E-state index contributed by atoms with van der Waals surface area (Å²) in [4.78, 5) is 5.65. The molecule has 1 heterocycles. The van der Waals surface area contributed by atoms with Crippen LogP contribution in [-0.2, 0) is 12.8 Å². The van der Waals surface area contributed by atoms with E-state index in [1.165, 1.54) is 10.4 Å². The van der Waals surface area contributed by atoms with Crippen molar-refractivity contribution in [1.29, 1.82) is 0 Å². The SMILES string of the molecule is NCCc1ncc(Cc2ccc(Br)cc2)s1. The van der Waals surface area contributed by atoms with Gasteiger partial charge in [0.15, 0.2) is 0 Å². The summed E-state index contributed by atoms with van der Waals surface area (Å²) in [6.07, 6.45) is 3.79. The molecule has 0 spiro atoms. The van der Waals surface area contributed by atoms with E-state index in [2.05, 4.69) is 45.2 Å². The first-order valence-corrected chi connectivity index (χ1v) is 6.77. The predicted molar refractivity (Wildman–Crippen MR) is 71.8 cm³/mol. The normalized spacial score (nSPS) is 10.6. The van der Waals surface area contributed by atoms with Crippen molar-refractivity contribution in [3.05, 3.63) is 50.4 Å². The van der Waals surface area contributed by atoms with Crippen molar-refractivity contribution in [1.82, 2.24) is 4.98 Å². The van der Waals surface area contributed by atoms with E-state index in [-0.39, 0.29) is 0 Å². The molecule has 0 saturated heterocycles. The van der Waals surface area contributed by atoms with E-state index in [4.69, 9.17) is 5.73 Å². The molecule has 84 valence electrons. The Bertz CT molecular complexity index is 450. The topological polar surface area (TPSA) is 38.9 Å². The minimum Gasteiger partial charge on any atom is -0.330 e. The summed E-state index contributed by atoms with van der Waals surface area (Å²) in [7, 11) is 0. The van der Waals surface area contributed by atoms with Crippen LogP contribution in [0.15, 0.2) is 34.9 Å². The fraction of sp³-hybridized carbons (Fsp3) is 0.250. The molecule has 0 atom stereocenters. The van der Waals surface area contributed by atoms with Gasteiger partial charge in [0, 0.05) is 28.4 Å². The number of hydrogen-bond acceptors (Lipinski definition) is 3. The van der Waals surface area contributed by atoms with Crippen LogP contribution in [0.2, 0.25) is 0 Å². The summed E-state index contributed by atoms with van der Waals surface area (Å²) in [5, 5.41) is 1.13. The molecular weight excluding hydrogens is 284 g/mol. The van der Waals surface area contributed by atoms with E-state index < -0.39 is 0 Å². The molecule has 2 aromatic rings. The third-order valence-corrected chi connectivity index (χ3v) is 3.84. The Morgan fingerprint density at radius 1 is 1.25 bits per heavy atom. The second-order valence-corrected chi connectivity index (χ2v) is 5.68. The number of benzene rings is 1. The molecule has 4 heteroatoms. The van der Waals surface area contributed by atoms with Crippen molar-refractivity contribution >= 4 is 27.3 Å². The standard InChI is InChI=1S/C12H13BrN2S/c13-10-3-1-9(2-4-10)7-11-8-15-12(16-11)5-6-14/h1-4,8H,5-7,14H2. The zero-order valence-corrected chi connectivity index (χ0v) is 11.2. The van der Waals surface area contributed by atoms with Gasteiger partial charge in [-0.3, -0.25) is 0 Å². The molecule has 2 rings (SSSR count). The van der Waals surface area contributed by atoms with E-state index in [1.807, 2.05) is 6.20 Å². The molecule has 0 amide bonds. The highest BCUT2D eigenvalue weighted by molar-refractivity contribution is 9.10. The quantitative estimate of drug-likeness (QED) is 0.942. The molecule has 0 aliphatic rings. The summed E-state index contributed by atoms with van der Waals surface area (Å²) in [6.45, 7) is 0.672. The van der Waals surface area contributed by atoms with Gasteiger partial charge >= 0.3 is 0 Å². The highest BCUT2D eigenvalue weighted by atomic mass is 79.9. The summed E-state index contributed by atoms with van der Waals surface area (Å²) in [5.74, 6) is 0. The molecule has 0 saturated carbocycles. The average Bonchev–Trinajstić information content (AvgIpc) is 2.70. The van der Waals surface area contributed by atoms with Gasteiger partial charge < -0.3 is 5.73 Å². The zero-order valence-electron chi connectivity index (χ0n) is 8.82. The van der Waals surface area contributed by atoms with Crippen LogP contribution >= 0.6 is 27.3 Å². The molecule has 16 heavy (non-hydrogen) atoms. The number of hydrogen-bond donors (Lipinski definition) is 1. The van der Waals surface area contributed by atoms with Crippen LogP contribution in [0.1, 0.15) is 15.4 Å². The molecule has 0 aliphatic heterocycles. The Kier molecular flexibility index (Phi) is 4.09. The van der Waals surface area contributed by atoms with Gasteiger partial charge in [0.2, 0.25) is 0 Å². The van der Waals surface area contributed by atoms with Crippen LogP contribution in [0.4, 0.5) is 0 Å². The second-order valence-electron chi connectivity index (χ2n) is 3.56. The Labute approximate surface area is 108 Å². The van der Waals surface area contributed by atoms with Gasteiger partial charge in [0.05, 0.1) is 5.01 Å². The third kappa shape index (κ3) is 3.14. The van der Waals surface area contributed by atoms with Crippen LogP contribution < -0.4 is 5.73 Å². The van der Waals surface area contributed by atoms with Crippen LogP contribution in [0.5, 0.6) is 0 Å². The summed E-state index contributed by atoms with van der Waals surface area (Å²) in [6, 6.07) is 8.40. The molecule has 0 radical (unpaired) electrons. The smallest absolute Gasteiger partial charge is 0.0940 e. The zero-order chi connectivity index (χ0) is 11.4. The van der Waals surface area contributed by atoms with E-state index in [9.17, 15) is 0 Å². The molecule has 1 aromatic carbocycles. The first-order valence-electron chi connectivity index (χ1n) is 5.16. The molecule has 1 aromatic heterocycles. The molecule has 2 nitrogen and oxygen atoms in total. The van der Waals surface area contributed by atoms with E-state index in [1.54, 1.807) is 11.3 Å². The van der Waals surface area contributed by atoms with Crippen molar-refractivity contribution in [2.45, 2.75) is 12.8 Å². The molecule has 0 fully saturated rings. The number of thiazole rings is 1. The second kappa shape index (κ2) is 5.57. The fourth-order valence-corrected chi connectivity index (χ4v) is 2.71. The van der Waals surface area contributed by atoms with Crippen LogP contribution in [0.3, 0.4) is 0 Å². The maximum atomic E-state index is 5.50. The van der Waals surface area contributed by atoms with E-state index in [0.717, 1.165) is 22.3 Å². The fourth-order valence-electron chi connectivity index (χ4n) is 1.47. The monoisotopic (exact) mass is 296 g/mol. The summed E-state index contributed by atoms with van der Waals surface area (Å²) >= 11 is 5.19. The van der Waals surface area contributed by atoms with Crippen LogP contribution in [0, 0.1) is 0 Å². The summed E-state index contributed by atoms with van der Waals surface area (Å²) < 4.78 is 1.12. The van der Waals surface area contributed by atoms with Crippen molar-refractivity contribution in [2.24, 2.45) is 5.73 Å². The highest BCUT2D eigenvalue weighted by Crippen LogP contribution is 2.19. The van der Waals surface area contributed by atoms with Gasteiger partial charge in [-0.15, -0.1) is 11.3 Å². The van der Waals surface area contributed by atoms with Gasteiger partial charge in [0.1, 0.15) is 0 Å². The van der Waals surface area contributed by atoms with Crippen molar-refractivity contribution in [3.8, 4) is 0 Å². The maximum absolute atomic E-state index is 5.50. The number of nitrogens with zero attached hydrogens (tertiary/aromatic N) is 1. The van der Waals surface area contributed by atoms with Gasteiger partial charge in [-0.1, -0.05) is 28.1 Å². The van der Waals surface area contributed by atoms with Gasteiger partial charge in [-0.25, -0.2) is 4.98 Å². The number of rotatable bonds is 4. The molecule has 0 unspecified atom stereocenters. The first kappa shape index (κ1) is 11.8. The predicted octanol–water partition coefficient (Wildman–Crippen LogP) is 3.00. The molecular formula is C12H13BrN2S. The third-order valence-electron chi connectivity index (χ3n) is 2.25. The van der Waals surface area contributed by atoms with Gasteiger partial charge in [-0.2, -0.15) is 0 Å². The summed E-state index contributed by atoms with van der Waals surface area (Å²) in [5.41, 5.74) is 6.81. The first-order chi connectivity index (χ1) is 7.78. The Morgan fingerprint density at radius 3 is 2.69 bits per heavy atom. The van der Waals surface area contributed by atoms with Crippen molar-refractivity contribution in [3.63, 3.8) is 0 Å². The minimum atomic E-state index is 0.672. The van der Waals surface area contributed by atoms with Crippen LogP contribution in [-0.4, -0.2) is 11.5 Å². The minimum absolute atomic E-state index is 0.672. The lowest BCUT2D eigenvalue weighted by atomic mass is 10.1. The van der Waals surface area contributed by atoms with Crippen molar-refractivity contribution in [2.75, 3.05) is 6.54 Å². The van der Waals surface area contributed by atoms with Gasteiger partial charge in [0.25, 0.3) is 0 Å². The Hall–Kier alpha value is -0.710. The molecule has 0 aliphatic carbocycles. The largest absolute Gasteiger partial charge is 0.330 e. The lowest BCUT2D eigenvalue weighted by molar-refractivity contribution is 0.952. The number of nitrogens with two attached hydrogens (primary N) is 1. The van der Waals surface area contributed by atoms with Gasteiger partial charge in [-0.05, 0) is 24.2 Å². The van der Waals surface area contributed by atoms with Crippen molar-refractivity contribution < 1.29 is 0 Å². The Balaban J connectivity index is 2.05. The molecule has 0 bridgehead atoms. The number of aromatic nitrogens is 1. The molecule has 2 N–H and O–H groups in total. The van der Waals surface area contributed by atoms with Crippen LogP contribution in [0.25, 0.3) is 0 Å². The maximum Gasteiger partial charge on any atom is 0.0940 e. The lowest BCUT2D eigenvalue weighted by Crippen LogP contribution is -2.01. The average molecular weight is 297 g/mol. The van der Waals surface area contributed by atoms with E-state index in [0.29, 0.717) is 6.54 Å². The highest BCUT2D eigenvalue weighted by Gasteiger charge is 2.02. The van der Waals surface area contributed by atoms with E-state index >= 15 is 0 Å².